The highest BCUT2D eigenvalue weighted by molar-refractivity contribution is 5.78. The molecule has 0 bridgehead atoms. The van der Waals surface area contributed by atoms with E-state index in [1.165, 1.54) is 0 Å². The number of carbonyl (C=O) groups is 1. The highest BCUT2D eigenvalue weighted by Gasteiger charge is 2.34. The van der Waals surface area contributed by atoms with Gasteiger partial charge in [-0.15, -0.1) is 0 Å². The molecule has 22 heavy (non-hydrogen) atoms. The van der Waals surface area contributed by atoms with Crippen LogP contribution in [0.3, 0.4) is 0 Å². The molecule has 0 radical (unpaired) electrons. The Balaban J connectivity index is 0. The third-order valence-corrected chi connectivity index (χ3v) is 2.72. The van der Waals surface area contributed by atoms with Crippen LogP contribution in [0.5, 0.6) is 0 Å². The molecular weight excluding hydrogens is 304 g/mol. The van der Waals surface area contributed by atoms with Crippen molar-refractivity contribution in [2.45, 2.75) is 5.60 Å². The van der Waals surface area contributed by atoms with Gasteiger partial charge in [-0.25, -0.2) is 9.68 Å². The molecule has 0 fully saturated rings. The van der Waals surface area contributed by atoms with Crippen molar-refractivity contribution in [3.05, 3.63) is 12.7 Å². The Morgan fingerprint density at radius 1 is 0.955 bits per heavy atom. The van der Waals surface area contributed by atoms with Crippen LogP contribution in [0.25, 0.3) is 0 Å². The summed E-state index contributed by atoms with van der Waals surface area (Å²) in [5, 5.41) is 60.9. The third kappa shape index (κ3) is 8.36. The number of aliphatic hydroxyl groups is 5. The molecule has 0 rings (SSSR count). The Kier molecular flexibility index (Phi) is 13.1. The van der Waals surface area contributed by atoms with Gasteiger partial charge in [0.1, 0.15) is 0 Å². The maximum absolute atomic E-state index is 9.25. The lowest BCUT2D eigenvalue weighted by Crippen LogP contribution is -2.47. The van der Waals surface area contributed by atoms with Gasteiger partial charge in [-0.05, 0) is 0 Å². The number of rotatable bonds is 11. The normalized spacial score (nSPS) is 11.5. The zero-order valence-corrected chi connectivity index (χ0v) is 12.1. The van der Waals surface area contributed by atoms with Crippen molar-refractivity contribution in [1.29, 1.82) is 0 Å². The second-order valence-corrected chi connectivity index (χ2v) is 4.60. The van der Waals surface area contributed by atoms with E-state index in [-0.39, 0.29) is 13.2 Å². The summed E-state index contributed by atoms with van der Waals surface area (Å²) < 4.78 is 5.03. The smallest absolute Gasteiger partial charge is 0.327 e. The van der Waals surface area contributed by atoms with E-state index in [9.17, 15) is 4.79 Å². The summed E-state index contributed by atoms with van der Waals surface area (Å²) >= 11 is 0. The first-order valence-corrected chi connectivity index (χ1v) is 6.14. The van der Waals surface area contributed by atoms with Gasteiger partial charge in [0.2, 0.25) is 0 Å². The molecule has 0 aliphatic heterocycles. The Morgan fingerprint density at radius 2 is 1.36 bits per heavy atom. The highest BCUT2D eigenvalue weighted by Crippen LogP contribution is 2.17. The Hall–Kier alpha value is -1.11. The fourth-order valence-electron chi connectivity index (χ4n) is 0.966. The summed E-state index contributed by atoms with van der Waals surface area (Å²) in [5.74, 6) is -0.981. The van der Waals surface area contributed by atoms with E-state index in [2.05, 4.69) is 11.5 Å². The van der Waals surface area contributed by atoms with Crippen LogP contribution in [-0.4, -0.2) is 93.7 Å². The first-order valence-electron chi connectivity index (χ1n) is 6.14. The molecule has 0 saturated carbocycles. The number of aliphatic hydroxyl groups excluding tert-OH is 5. The molecule has 0 heterocycles. The molecule has 0 aromatic rings. The monoisotopic (exact) mass is 328 g/mol. The number of aliphatic carboxylic acids is 1. The standard InChI is InChI=1S/C9H20O8.C3H4O2/c10-1-8(2-11,3-12)6-16-7-9(4-13,5-14)17-15;1-2-3(4)5/h10-15H,1-7H2;2H,1H2,(H,4,5). The summed E-state index contributed by atoms with van der Waals surface area (Å²) in [5.41, 5.74) is -2.88. The van der Waals surface area contributed by atoms with Crippen LogP contribution < -0.4 is 0 Å². The maximum Gasteiger partial charge on any atom is 0.327 e. The summed E-state index contributed by atoms with van der Waals surface area (Å²) in [4.78, 5) is 13.2. The van der Waals surface area contributed by atoms with Crippen LogP contribution in [0, 0.1) is 5.41 Å². The largest absolute Gasteiger partial charge is 0.478 e. The molecule has 132 valence electrons. The number of carboxylic acids is 1. The van der Waals surface area contributed by atoms with Gasteiger partial charge in [-0.2, -0.15) is 0 Å². The van der Waals surface area contributed by atoms with E-state index in [0.29, 0.717) is 0 Å². The molecule has 0 spiro atoms. The van der Waals surface area contributed by atoms with Gasteiger partial charge in [-0.3, -0.25) is 5.26 Å². The number of hydrogen-bond acceptors (Lipinski definition) is 9. The van der Waals surface area contributed by atoms with Gasteiger partial charge in [0.15, 0.2) is 5.60 Å². The van der Waals surface area contributed by atoms with Crippen molar-refractivity contribution >= 4 is 5.97 Å². The molecule has 0 amide bonds. The molecule has 0 aliphatic carbocycles. The van der Waals surface area contributed by atoms with E-state index >= 15 is 0 Å². The van der Waals surface area contributed by atoms with Crippen LogP contribution in [0.15, 0.2) is 12.7 Å². The van der Waals surface area contributed by atoms with E-state index in [1.54, 1.807) is 0 Å². The SMILES string of the molecule is C=CC(=O)O.OCC(CO)(CO)COCC(CO)(CO)OO. The average molecular weight is 328 g/mol. The molecule has 7 N–H and O–H groups in total. The van der Waals surface area contributed by atoms with Gasteiger partial charge < -0.3 is 35.4 Å². The molecule has 0 aromatic heterocycles. The molecule has 10 nitrogen and oxygen atoms in total. The lowest BCUT2D eigenvalue weighted by atomic mass is 9.92. The molecule has 0 aliphatic rings. The first-order chi connectivity index (χ1) is 10.3. The minimum absolute atomic E-state index is 0.221. The number of hydrogen-bond donors (Lipinski definition) is 7. The Morgan fingerprint density at radius 3 is 1.59 bits per heavy atom. The zero-order valence-electron chi connectivity index (χ0n) is 12.1. The summed E-state index contributed by atoms with van der Waals surface area (Å²) in [6.07, 6.45) is 0.833. The van der Waals surface area contributed by atoms with E-state index < -0.39 is 50.0 Å². The predicted molar refractivity (Wildman–Crippen MR) is 73.0 cm³/mol. The molecule has 0 unspecified atom stereocenters. The molecule has 0 aromatic carbocycles. The van der Waals surface area contributed by atoms with Crippen LogP contribution in [0.1, 0.15) is 0 Å². The Labute approximate surface area is 127 Å². The second-order valence-electron chi connectivity index (χ2n) is 4.60. The molecule has 10 heteroatoms. The molecular formula is C12H24O10. The number of ether oxygens (including phenoxy) is 1. The summed E-state index contributed by atoms with van der Waals surface area (Å²) in [7, 11) is 0. The summed E-state index contributed by atoms with van der Waals surface area (Å²) in [6.45, 7) is -0.460. The van der Waals surface area contributed by atoms with Crippen molar-refractivity contribution in [3.8, 4) is 0 Å². The zero-order chi connectivity index (χ0) is 17.6. The molecule has 0 saturated heterocycles. The summed E-state index contributed by atoms with van der Waals surface area (Å²) in [6, 6.07) is 0. The minimum Gasteiger partial charge on any atom is -0.478 e. The van der Waals surface area contributed by atoms with Crippen LogP contribution >= 0.6 is 0 Å². The fourth-order valence-corrected chi connectivity index (χ4v) is 0.966. The van der Waals surface area contributed by atoms with Gasteiger partial charge in [0.25, 0.3) is 0 Å². The van der Waals surface area contributed by atoms with Gasteiger partial charge in [-0.1, -0.05) is 6.58 Å². The van der Waals surface area contributed by atoms with E-state index in [1.807, 2.05) is 0 Å². The van der Waals surface area contributed by atoms with Crippen molar-refractivity contribution in [1.82, 2.24) is 0 Å². The van der Waals surface area contributed by atoms with Gasteiger partial charge in [0, 0.05) is 6.08 Å². The quantitative estimate of drug-likeness (QED) is 0.121. The van der Waals surface area contributed by atoms with Crippen molar-refractivity contribution in [2.24, 2.45) is 5.41 Å². The minimum atomic E-state index is -1.66. The Bertz CT molecular complexity index is 262. The lowest BCUT2D eigenvalue weighted by Gasteiger charge is -2.30. The predicted octanol–water partition coefficient (Wildman–Crippen LogP) is -2.56. The van der Waals surface area contributed by atoms with Crippen molar-refractivity contribution < 1.29 is 50.3 Å². The first kappa shape index (κ1) is 23.2. The van der Waals surface area contributed by atoms with Gasteiger partial charge in [0.05, 0.1) is 51.7 Å². The van der Waals surface area contributed by atoms with Crippen molar-refractivity contribution in [3.63, 3.8) is 0 Å². The molecule has 0 atom stereocenters. The maximum atomic E-state index is 9.25. The van der Waals surface area contributed by atoms with Crippen LogP contribution in [-0.2, 0) is 14.4 Å². The van der Waals surface area contributed by atoms with E-state index in [4.69, 9.17) is 40.6 Å². The van der Waals surface area contributed by atoms with Crippen molar-refractivity contribution in [2.75, 3.05) is 46.2 Å². The average Bonchev–Trinajstić information content (AvgIpc) is 2.57. The van der Waals surface area contributed by atoms with Crippen LogP contribution in [0.2, 0.25) is 0 Å². The topological polar surface area (TPSA) is 177 Å². The third-order valence-electron chi connectivity index (χ3n) is 2.72. The highest BCUT2D eigenvalue weighted by atomic mass is 17.1. The van der Waals surface area contributed by atoms with Gasteiger partial charge >= 0.3 is 5.97 Å². The second kappa shape index (κ2) is 12.4. The van der Waals surface area contributed by atoms with Crippen LogP contribution in [0.4, 0.5) is 0 Å². The lowest BCUT2D eigenvalue weighted by molar-refractivity contribution is -0.348. The number of carboxylic acid groups (broad SMARTS) is 1. The van der Waals surface area contributed by atoms with E-state index in [0.717, 1.165) is 6.08 Å². The fraction of sp³-hybridized carbons (Fsp3) is 0.750.